The van der Waals surface area contributed by atoms with E-state index in [9.17, 15) is 14.7 Å². The number of carbonyl (C=O) groups excluding carboxylic acids is 1. The van der Waals surface area contributed by atoms with Crippen molar-refractivity contribution < 1.29 is 14.7 Å². The van der Waals surface area contributed by atoms with E-state index < -0.39 is 5.97 Å². The second kappa shape index (κ2) is 9.59. The zero-order valence-corrected chi connectivity index (χ0v) is 17.9. The number of aliphatic carboxylic acids is 1. The van der Waals surface area contributed by atoms with Gasteiger partial charge >= 0.3 is 12.0 Å². The summed E-state index contributed by atoms with van der Waals surface area (Å²) < 4.78 is 0. The third-order valence-corrected chi connectivity index (χ3v) is 6.56. The Balaban J connectivity index is 1.66. The van der Waals surface area contributed by atoms with Crippen LogP contribution in [0.2, 0.25) is 0 Å². The summed E-state index contributed by atoms with van der Waals surface area (Å²) in [5.41, 5.74) is 3.07. The van der Waals surface area contributed by atoms with Crippen molar-refractivity contribution in [1.82, 2.24) is 14.7 Å². The minimum Gasteiger partial charge on any atom is -0.481 e. The van der Waals surface area contributed by atoms with Crippen LogP contribution in [0.1, 0.15) is 30.4 Å². The molecule has 2 saturated heterocycles. The quantitative estimate of drug-likeness (QED) is 0.792. The number of piperidine rings is 1. The summed E-state index contributed by atoms with van der Waals surface area (Å²) in [7, 11) is 2.14. The Kier molecular flexibility index (Phi) is 7.14. The van der Waals surface area contributed by atoms with Gasteiger partial charge in [-0.3, -0.25) is 9.69 Å². The number of anilines is 1. The highest BCUT2D eigenvalue weighted by atomic mass is 16.4. The Morgan fingerprint density at radius 3 is 2.55 bits per heavy atom. The van der Waals surface area contributed by atoms with E-state index in [-0.39, 0.29) is 18.4 Å². The zero-order valence-electron chi connectivity index (χ0n) is 17.9. The van der Waals surface area contributed by atoms with E-state index in [0.29, 0.717) is 25.6 Å². The second-order valence-corrected chi connectivity index (χ2v) is 8.51. The molecule has 160 valence electrons. The zero-order chi connectivity index (χ0) is 21.0. The number of likely N-dealkylation sites (N-methyl/N-ethyl adjacent to an activating group) is 1. The molecule has 2 aliphatic heterocycles. The summed E-state index contributed by atoms with van der Waals surface area (Å²) in [4.78, 5) is 30.8. The van der Waals surface area contributed by atoms with E-state index in [2.05, 4.69) is 22.2 Å². The Morgan fingerprint density at radius 1 is 1.14 bits per heavy atom. The fourth-order valence-electron chi connectivity index (χ4n) is 4.51. The lowest BCUT2D eigenvalue weighted by molar-refractivity contribution is -0.137. The number of carboxylic acids is 1. The molecule has 2 heterocycles. The molecule has 0 aliphatic carbocycles. The largest absolute Gasteiger partial charge is 0.481 e. The number of carbonyl (C=O) groups is 2. The van der Waals surface area contributed by atoms with E-state index in [1.54, 1.807) is 0 Å². The van der Waals surface area contributed by atoms with Crippen LogP contribution in [0.15, 0.2) is 18.2 Å². The molecule has 0 unspecified atom stereocenters. The summed E-state index contributed by atoms with van der Waals surface area (Å²) in [5.74, 6) is -0.577. The number of piperazine rings is 1. The first-order chi connectivity index (χ1) is 13.8. The summed E-state index contributed by atoms with van der Waals surface area (Å²) >= 11 is 0. The van der Waals surface area contributed by atoms with Crippen molar-refractivity contribution in [2.75, 3.05) is 51.6 Å². The molecule has 2 aliphatic rings. The number of rotatable bonds is 5. The van der Waals surface area contributed by atoms with Gasteiger partial charge in [-0.15, -0.1) is 0 Å². The first-order valence-corrected chi connectivity index (χ1v) is 10.6. The van der Waals surface area contributed by atoms with Crippen molar-refractivity contribution in [2.45, 2.75) is 39.2 Å². The van der Waals surface area contributed by atoms with Gasteiger partial charge in [0, 0.05) is 57.4 Å². The molecule has 1 aromatic rings. The number of nitrogens with zero attached hydrogens (tertiary/aromatic N) is 3. The van der Waals surface area contributed by atoms with Crippen molar-refractivity contribution in [2.24, 2.45) is 5.92 Å². The van der Waals surface area contributed by atoms with Crippen LogP contribution in [0.5, 0.6) is 0 Å². The predicted octanol–water partition coefficient (Wildman–Crippen LogP) is 2.64. The summed E-state index contributed by atoms with van der Waals surface area (Å²) in [6.07, 6.45) is 1.66. The number of benzene rings is 1. The molecule has 2 atom stereocenters. The third-order valence-electron chi connectivity index (χ3n) is 6.56. The van der Waals surface area contributed by atoms with Crippen LogP contribution >= 0.6 is 0 Å². The van der Waals surface area contributed by atoms with Gasteiger partial charge in [0.2, 0.25) is 0 Å². The van der Waals surface area contributed by atoms with Gasteiger partial charge < -0.3 is 20.2 Å². The molecule has 7 nitrogen and oxygen atoms in total. The molecule has 0 radical (unpaired) electrons. The van der Waals surface area contributed by atoms with Crippen LogP contribution in [0.25, 0.3) is 0 Å². The van der Waals surface area contributed by atoms with Gasteiger partial charge in [0.25, 0.3) is 0 Å². The maximum absolute atomic E-state index is 12.9. The van der Waals surface area contributed by atoms with E-state index >= 15 is 0 Å². The maximum atomic E-state index is 12.9. The number of likely N-dealkylation sites (tertiary alicyclic amines) is 1. The van der Waals surface area contributed by atoms with Crippen LogP contribution in [0.3, 0.4) is 0 Å². The smallest absolute Gasteiger partial charge is 0.321 e. The molecule has 7 heteroatoms. The van der Waals surface area contributed by atoms with Crippen LogP contribution in [0.4, 0.5) is 10.5 Å². The number of carboxylic acid groups (broad SMARTS) is 1. The van der Waals surface area contributed by atoms with E-state index in [0.717, 1.165) is 49.4 Å². The molecule has 0 saturated carbocycles. The number of nitrogens with one attached hydrogen (secondary N) is 1. The van der Waals surface area contributed by atoms with Crippen LogP contribution in [-0.2, 0) is 4.79 Å². The number of hydrogen-bond acceptors (Lipinski definition) is 4. The van der Waals surface area contributed by atoms with Gasteiger partial charge in [-0.1, -0.05) is 12.1 Å². The Labute approximate surface area is 173 Å². The Hall–Kier alpha value is -2.12. The fraction of sp³-hybridized carbons (Fsp3) is 0.636. The van der Waals surface area contributed by atoms with Crippen molar-refractivity contribution in [3.05, 3.63) is 29.3 Å². The average Bonchev–Trinajstić information content (AvgIpc) is 2.70. The Bertz CT molecular complexity index is 731. The predicted molar refractivity (Wildman–Crippen MR) is 114 cm³/mol. The SMILES string of the molecule is Cc1cccc(NC(=O)N2CC[C@H](N3CCN(C)CC3)[C@H](CCC(=O)O)C2)c1C. The average molecular weight is 403 g/mol. The molecule has 0 aromatic heterocycles. The van der Waals surface area contributed by atoms with Gasteiger partial charge in [-0.2, -0.15) is 0 Å². The fourth-order valence-corrected chi connectivity index (χ4v) is 4.51. The monoisotopic (exact) mass is 402 g/mol. The van der Waals surface area contributed by atoms with Crippen LogP contribution < -0.4 is 5.32 Å². The van der Waals surface area contributed by atoms with E-state index in [1.165, 1.54) is 0 Å². The second-order valence-electron chi connectivity index (χ2n) is 8.51. The van der Waals surface area contributed by atoms with Crippen molar-refractivity contribution in [3.63, 3.8) is 0 Å². The standard InChI is InChI=1S/C22H34N4O3/c1-16-5-4-6-19(17(16)2)23-22(29)26-10-9-20(18(15-26)7-8-21(27)28)25-13-11-24(3)12-14-25/h4-6,18,20H,7-15H2,1-3H3,(H,23,29)(H,27,28)/t18-,20+/m1/s1. The first-order valence-electron chi connectivity index (χ1n) is 10.6. The number of aryl methyl sites for hydroxylation is 1. The van der Waals surface area contributed by atoms with E-state index in [4.69, 9.17) is 0 Å². The van der Waals surface area contributed by atoms with Crippen molar-refractivity contribution in [1.29, 1.82) is 0 Å². The van der Waals surface area contributed by atoms with Crippen molar-refractivity contribution in [3.8, 4) is 0 Å². The van der Waals surface area contributed by atoms with Gasteiger partial charge in [0.15, 0.2) is 0 Å². The minimum atomic E-state index is -0.765. The summed E-state index contributed by atoms with van der Waals surface area (Å²) in [6.45, 7) is 9.48. The lowest BCUT2D eigenvalue weighted by Gasteiger charge is -2.46. The molecule has 2 N–H and O–H groups in total. The van der Waals surface area contributed by atoms with Gasteiger partial charge in [-0.05, 0) is 56.8 Å². The highest BCUT2D eigenvalue weighted by molar-refractivity contribution is 5.90. The highest BCUT2D eigenvalue weighted by Crippen LogP contribution is 2.28. The Morgan fingerprint density at radius 2 is 1.86 bits per heavy atom. The maximum Gasteiger partial charge on any atom is 0.321 e. The molecule has 2 fully saturated rings. The molecular weight excluding hydrogens is 368 g/mol. The van der Waals surface area contributed by atoms with Crippen molar-refractivity contribution >= 4 is 17.7 Å². The molecule has 2 amide bonds. The molecule has 3 rings (SSSR count). The molecule has 1 aromatic carbocycles. The lowest BCUT2D eigenvalue weighted by Crippen LogP contribution is -2.57. The summed E-state index contributed by atoms with van der Waals surface area (Å²) in [6, 6.07) is 6.18. The van der Waals surface area contributed by atoms with Gasteiger partial charge in [0.1, 0.15) is 0 Å². The van der Waals surface area contributed by atoms with Gasteiger partial charge in [-0.25, -0.2) is 4.79 Å². The van der Waals surface area contributed by atoms with Crippen LogP contribution in [-0.4, -0.2) is 84.2 Å². The van der Waals surface area contributed by atoms with E-state index in [1.807, 2.05) is 36.9 Å². The lowest BCUT2D eigenvalue weighted by atomic mass is 9.86. The number of amides is 2. The molecular formula is C22H34N4O3. The highest BCUT2D eigenvalue weighted by Gasteiger charge is 2.36. The van der Waals surface area contributed by atoms with Crippen LogP contribution in [0, 0.1) is 19.8 Å². The topological polar surface area (TPSA) is 76.1 Å². The van der Waals surface area contributed by atoms with Gasteiger partial charge in [0.05, 0.1) is 0 Å². The molecule has 0 spiro atoms. The normalized spacial score (nSPS) is 23.8. The molecule has 29 heavy (non-hydrogen) atoms. The third kappa shape index (κ3) is 5.48. The summed E-state index contributed by atoms with van der Waals surface area (Å²) in [5, 5.41) is 12.2. The number of urea groups is 1. The minimum absolute atomic E-state index is 0.0872. The number of hydrogen-bond donors (Lipinski definition) is 2. The molecule has 0 bridgehead atoms. The first kappa shape index (κ1) is 21.6.